The number of anilines is 1. The van der Waals surface area contributed by atoms with Gasteiger partial charge in [-0.25, -0.2) is 0 Å². The molecular formula is C21H22BrN3O. The first kappa shape index (κ1) is 19.7. The zero-order chi connectivity index (χ0) is 18.8. The van der Waals surface area contributed by atoms with Gasteiger partial charge in [-0.3, -0.25) is 4.79 Å². The van der Waals surface area contributed by atoms with E-state index in [9.17, 15) is 10.1 Å². The molecule has 0 aliphatic rings. The molecular weight excluding hydrogens is 390 g/mol. The summed E-state index contributed by atoms with van der Waals surface area (Å²) in [6, 6.07) is 17.5. The molecule has 0 atom stereocenters. The Morgan fingerprint density at radius 1 is 1.12 bits per heavy atom. The zero-order valence-corrected chi connectivity index (χ0v) is 16.3. The summed E-state index contributed by atoms with van der Waals surface area (Å²) in [6.45, 7) is 2.70. The molecule has 134 valence electrons. The van der Waals surface area contributed by atoms with Crippen molar-refractivity contribution in [2.45, 2.75) is 32.7 Å². The number of amides is 1. The molecule has 0 heterocycles. The van der Waals surface area contributed by atoms with E-state index in [0.717, 1.165) is 29.3 Å². The highest BCUT2D eigenvalue weighted by Crippen LogP contribution is 2.13. The molecule has 2 N–H and O–H groups in total. The predicted molar refractivity (Wildman–Crippen MR) is 108 cm³/mol. The second kappa shape index (κ2) is 10.4. The largest absolute Gasteiger partial charge is 0.386 e. The number of benzene rings is 2. The molecule has 0 bridgehead atoms. The summed E-state index contributed by atoms with van der Waals surface area (Å²) in [5, 5.41) is 15.0. The lowest BCUT2D eigenvalue weighted by molar-refractivity contribution is -0.112. The number of nitriles is 1. The molecule has 0 unspecified atom stereocenters. The third kappa shape index (κ3) is 6.38. The smallest absolute Gasteiger partial charge is 0.267 e. The Balaban J connectivity index is 1.90. The Morgan fingerprint density at radius 2 is 1.77 bits per heavy atom. The fourth-order valence-electron chi connectivity index (χ4n) is 2.36. The molecule has 4 nitrogen and oxygen atoms in total. The first-order chi connectivity index (χ1) is 12.6. The highest BCUT2D eigenvalue weighted by Gasteiger charge is 2.09. The van der Waals surface area contributed by atoms with Crippen molar-refractivity contribution in [2.24, 2.45) is 0 Å². The molecule has 0 spiro atoms. The number of hydrogen-bond donors (Lipinski definition) is 2. The topological polar surface area (TPSA) is 64.9 Å². The van der Waals surface area contributed by atoms with Crippen molar-refractivity contribution in [3.8, 4) is 6.07 Å². The molecule has 2 rings (SSSR count). The number of hydrogen-bond acceptors (Lipinski definition) is 3. The monoisotopic (exact) mass is 411 g/mol. The number of halogens is 1. The second-order valence-corrected chi connectivity index (χ2v) is 6.85. The van der Waals surface area contributed by atoms with Crippen LogP contribution in [0.25, 0.3) is 0 Å². The number of nitrogens with zero attached hydrogens (tertiary/aromatic N) is 1. The van der Waals surface area contributed by atoms with E-state index in [1.54, 1.807) is 0 Å². The average molecular weight is 412 g/mol. The lowest BCUT2D eigenvalue weighted by atomic mass is 10.1. The summed E-state index contributed by atoms with van der Waals surface area (Å²) in [7, 11) is 0. The summed E-state index contributed by atoms with van der Waals surface area (Å²) in [4.78, 5) is 12.2. The molecule has 5 heteroatoms. The van der Waals surface area contributed by atoms with E-state index in [0.29, 0.717) is 12.2 Å². The second-order valence-electron chi connectivity index (χ2n) is 5.93. The van der Waals surface area contributed by atoms with Crippen molar-refractivity contribution >= 4 is 27.5 Å². The zero-order valence-electron chi connectivity index (χ0n) is 14.8. The van der Waals surface area contributed by atoms with E-state index in [1.807, 2.05) is 54.6 Å². The molecule has 0 aliphatic carbocycles. The van der Waals surface area contributed by atoms with Gasteiger partial charge in [-0.15, -0.1) is 0 Å². The fourth-order valence-corrected chi connectivity index (χ4v) is 2.62. The molecule has 0 aromatic heterocycles. The van der Waals surface area contributed by atoms with Crippen LogP contribution in [-0.4, -0.2) is 5.91 Å². The van der Waals surface area contributed by atoms with Gasteiger partial charge in [0.1, 0.15) is 11.6 Å². The van der Waals surface area contributed by atoms with Crippen LogP contribution in [0.1, 0.15) is 30.9 Å². The standard InChI is InChI=1S/C21H22BrN3O/c1-2-3-4-16-7-11-20(12-8-16)25-21(26)18(13-23)15-24-14-17-5-9-19(22)10-6-17/h5-12,15,24H,2-4,14H2,1H3,(H,25,26)/b18-15-. The van der Waals surface area contributed by atoms with E-state index in [-0.39, 0.29) is 5.57 Å². The minimum atomic E-state index is -0.419. The van der Waals surface area contributed by atoms with Crippen LogP contribution in [0.4, 0.5) is 5.69 Å². The number of nitrogens with one attached hydrogen (secondary N) is 2. The van der Waals surface area contributed by atoms with Crippen molar-refractivity contribution in [1.29, 1.82) is 5.26 Å². The van der Waals surface area contributed by atoms with Crippen LogP contribution >= 0.6 is 15.9 Å². The molecule has 0 saturated heterocycles. The summed E-state index contributed by atoms with van der Waals surface area (Å²) in [5.74, 6) is -0.419. The number of aryl methyl sites for hydroxylation is 1. The molecule has 26 heavy (non-hydrogen) atoms. The van der Waals surface area contributed by atoms with Gasteiger partial charge in [-0.05, 0) is 48.2 Å². The van der Waals surface area contributed by atoms with Gasteiger partial charge in [-0.2, -0.15) is 5.26 Å². The number of carbonyl (C=O) groups excluding carboxylic acids is 1. The molecule has 1 amide bonds. The average Bonchev–Trinajstić information content (AvgIpc) is 2.66. The van der Waals surface area contributed by atoms with Crippen molar-refractivity contribution in [3.63, 3.8) is 0 Å². The Morgan fingerprint density at radius 3 is 2.38 bits per heavy atom. The third-order valence-electron chi connectivity index (χ3n) is 3.86. The van der Waals surface area contributed by atoms with Crippen molar-refractivity contribution in [3.05, 3.63) is 75.9 Å². The van der Waals surface area contributed by atoms with Gasteiger partial charge in [0.15, 0.2) is 0 Å². The minimum absolute atomic E-state index is 0.0390. The Hall–Kier alpha value is -2.58. The SMILES string of the molecule is CCCCc1ccc(NC(=O)/C(C#N)=C\NCc2ccc(Br)cc2)cc1. The molecule has 2 aromatic rings. The highest BCUT2D eigenvalue weighted by atomic mass is 79.9. The Kier molecular flexibility index (Phi) is 7.91. The van der Waals surface area contributed by atoms with E-state index in [4.69, 9.17) is 0 Å². The van der Waals surface area contributed by atoms with Gasteiger partial charge in [0.05, 0.1) is 0 Å². The number of rotatable bonds is 8. The fraction of sp³-hybridized carbons (Fsp3) is 0.238. The number of unbranched alkanes of at least 4 members (excludes halogenated alkanes) is 1. The lowest BCUT2D eigenvalue weighted by Crippen LogP contribution is -2.16. The van der Waals surface area contributed by atoms with Crippen LogP contribution < -0.4 is 10.6 Å². The van der Waals surface area contributed by atoms with E-state index >= 15 is 0 Å². The van der Waals surface area contributed by atoms with E-state index in [1.165, 1.54) is 11.8 Å². The van der Waals surface area contributed by atoms with Gasteiger partial charge in [0.2, 0.25) is 0 Å². The minimum Gasteiger partial charge on any atom is -0.386 e. The summed E-state index contributed by atoms with van der Waals surface area (Å²) in [5.41, 5.74) is 3.03. The van der Waals surface area contributed by atoms with Crippen LogP contribution in [0.15, 0.2) is 64.8 Å². The normalized spacial score (nSPS) is 10.9. The first-order valence-corrected chi connectivity index (χ1v) is 9.40. The molecule has 0 radical (unpaired) electrons. The third-order valence-corrected chi connectivity index (χ3v) is 4.39. The summed E-state index contributed by atoms with van der Waals surface area (Å²) >= 11 is 3.39. The maximum atomic E-state index is 12.2. The molecule has 0 fully saturated rings. The molecule has 0 aliphatic heterocycles. The molecule has 0 saturated carbocycles. The predicted octanol–water partition coefficient (Wildman–Crippen LogP) is 4.93. The van der Waals surface area contributed by atoms with E-state index < -0.39 is 5.91 Å². The number of carbonyl (C=O) groups is 1. The highest BCUT2D eigenvalue weighted by molar-refractivity contribution is 9.10. The van der Waals surface area contributed by atoms with E-state index in [2.05, 4.69) is 33.5 Å². The van der Waals surface area contributed by atoms with Crippen LogP contribution in [0, 0.1) is 11.3 Å². The van der Waals surface area contributed by atoms with Gasteiger partial charge < -0.3 is 10.6 Å². The van der Waals surface area contributed by atoms with Crippen molar-refractivity contribution < 1.29 is 4.79 Å². The van der Waals surface area contributed by atoms with Crippen LogP contribution in [0.5, 0.6) is 0 Å². The Bertz CT molecular complexity index is 790. The van der Waals surface area contributed by atoms with Crippen LogP contribution in [0.3, 0.4) is 0 Å². The Labute approximate surface area is 163 Å². The molecule has 2 aromatic carbocycles. The van der Waals surface area contributed by atoms with Crippen LogP contribution in [0.2, 0.25) is 0 Å². The lowest BCUT2D eigenvalue weighted by Gasteiger charge is -2.07. The maximum Gasteiger partial charge on any atom is 0.267 e. The van der Waals surface area contributed by atoms with Gasteiger partial charge in [-0.1, -0.05) is 53.5 Å². The first-order valence-electron chi connectivity index (χ1n) is 8.60. The summed E-state index contributed by atoms with van der Waals surface area (Å²) in [6.07, 6.45) is 4.79. The summed E-state index contributed by atoms with van der Waals surface area (Å²) < 4.78 is 1.01. The van der Waals surface area contributed by atoms with Crippen molar-refractivity contribution in [1.82, 2.24) is 5.32 Å². The van der Waals surface area contributed by atoms with Crippen LogP contribution in [-0.2, 0) is 17.8 Å². The van der Waals surface area contributed by atoms with Crippen molar-refractivity contribution in [2.75, 3.05) is 5.32 Å². The van der Waals surface area contributed by atoms with Gasteiger partial charge in [0, 0.05) is 22.9 Å². The van der Waals surface area contributed by atoms with Gasteiger partial charge in [0.25, 0.3) is 5.91 Å². The maximum absolute atomic E-state index is 12.2. The quantitative estimate of drug-likeness (QED) is 0.478. The van der Waals surface area contributed by atoms with Gasteiger partial charge >= 0.3 is 0 Å².